The first kappa shape index (κ1) is 13.3. The van der Waals surface area contributed by atoms with Crippen LogP contribution in [0, 0.1) is 0 Å². The van der Waals surface area contributed by atoms with Crippen LogP contribution in [0.15, 0.2) is 73.3 Å². The van der Waals surface area contributed by atoms with Gasteiger partial charge in [-0.05, 0) is 24.3 Å². The minimum Gasteiger partial charge on any atom is -0.394 e. The Kier molecular flexibility index (Phi) is 4.72. The number of hydrazine groups is 1. The molecule has 1 atom stereocenters. The quantitative estimate of drug-likeness (QED) is 0.614. The van der Waals surface area contributed by atoms with Crippen LogP contribution >= 0.6 is 0 Å². The molecular weight excluding hydrogens is 236 g/mol. The van der Waals surface area contributed by atoms with Crippen LogP contribution in [0.25, 0.3) is 0 Å². The fourth-order valence-electron chi connectivity index (χ4n) is 1.79. The van der Waals surface area contributed by atoms with Crippen LogP contribution in [0.3, 0.4) is 0 Å². The van der Waals surface area contributed by atoms with Gasteiger partial charge in [0, 0.05) is 0 Å². The number of benzene rings is 2. The van der Waals surface area contributed by atoms with Gasteiger partial charge in [-0.2, -0.15) is 0 Å². The van der Waals surface area contributed by atoms with Crippen LogP contribution in [0.4, 0.5) is 11.4 Å². The summed E-state index contributed by atoms with van der Waals surface area (Å²) in [6.45, 7) is 3.72. The van der Waals surface area contributed by atoms with E-state index in [9.17, 15) is 5.11 Å². The molecule has 0 unspecified atom stereocenters. The average Bonchev–Trinajstić information content (AvgIpc) is 2.50. The van der Waals surface area contributed by atoms with E-state index in [1.165, 1.54) is 0 Å². The largest absolute Gasteiger partial charge is 0.394 e. The molecule has 0 bridgehead atoms. The first-order chi connectivity index (χ1) is 9.35. The van der Waals surface area contributed by atoms with E-state index < -0.39 is 0 Å². The first-order valence-corrected chi connectivity index (χ1v) is 6.25. The highest BCUT2D eigenvalue weighted by Gasteiger charge is 2.12. The zero-order valence-corrected chi connectivity index (χ0v) is 10.7. The van der Waals surface area contributed by atoms with Crippen molar-refractivity contribution in [2.75, 3.05) is 11.6 Å². The Labute approximate surface area is 113 Å². The fourth-order valence-corrected chi connectivity index (χ4v) is 1.79. The Balaban J connectivity index is 2.31. The Morgan fingerprint density at radius 3 is 1.84 bits per heavy atom. The van der Waals surface area contributed by atoms with Crippen LogP contribution < -0.4 is 10.4 Å². The lowest BCUT2D eigenvalue weighted by Gasteiger charge is -2.28. The van der Waals surface area contributed by atoms with Crippen molar-refractivity contribution in [3.05, 3.63) is 73.3 Å². The summed E-state index contributed by atoms with van der Waals surface area (Å²) in [5.74, 6) is 0. The zero-order valence-electron chi connectivity index (χ0n) is 10.7. The van der Waals surface area contributed by atoms with E-state index in [0.717, 1.165) is 11.4 Å². The summed E-state index contributed by atoms with van der Waals surface area (Å²) in [6, 6.07) is 19.7. The molecule has 2 aromatic carbocycles. The number of aliphatic hydroxyl groups is 1. The molecule has 0 heterocycles. The van der Waals surface area contributed by atoms with Crippen LogP contribution in [0.5, 0.6) is 0 Å². The van der Waals surface area contributed by atoms with Crippen LogP contribution in [-0.2, 0) is 0 Å². The molecule has 0 spiro atoms. The molecule has 0 saturated carbocycles. The molecular formula is C16H18N2O. The summed E-state index contributed by atoms with van der Waals surface area (Å²) < 4.78 is 0. The topological polar surface area (TPSA) is 35.5 Å². The van der Waals surface area contributed by atoms with Gasteiger partial charge in [-0.25, -0.2) is 5.43 Å². The number of para-hydroxylation sites is 2. The Bertz CT molecular complexity index is 459. The number of rotatable bonds is 6. The zero-order chi connectivity index (χ0) is 13.5. The van der Waals surface area contributed by atoms with Crippen molar-refractivity contribution in [3.8, 4) is 0 Å². The third kappa shape index (κ3) is 3.44. The Morgan fingerprint density at radius 1 is 1.00 bits per heavy atom. The van der Waals surface area contributed by atoms with Gasteiger partial charge in [0.2, 0.25) is 0 Å². The third-order valence-electron chi connectivity index (χ3n) is 2.80. The summed E-state index contributed by atoms with van der Waals surface area (Å²) >= 11 is 0. The molecule has 2 N–H and O–H groups in total. The predicted molar refractivity (Wildman–Crippen MR) is 79.2 cm³/mol. The van der Waals surface area contributed by atoms with Crippen molar-refractivity contribution in [1.82, 2.24) is 5.43 Å². The van der Waals surface area contributed by atoms with Crippen molar-refractivity contribution in [3.63, 3.8) is 0 Å². The van der Waals surface area contributed by atoms with E-state index in [4.69, 9.17) is 0 Å². The monoisotopic (exact) mass is 254 g/mol. The van der Waals surface area contributed by atoms with Crippen LogP contribution in [-0.4, -0.2) is 17.8 Å². The third-order valence-corrected chi connectivity index (χ3v) is 2.80. The smallest absolute Gasteiger partial charge is 0.0675 e. The van der Waals surface area contributed by atoms with Gasteiger partial charge < -0.3 is 5.11 Å². The highest BCUT2D eigenvalue weighted by atomic mass is 16.3. The van der Waals surface area contributed by atoms with Gasteiger partial charge in [-0.1, -0.05) is 42.5 Å². The van der Waals surface area contributed by atoms with Gasteiger partial charge in [0.1, 0.15) is 0 Å². The van der Waals surface area contributed by atoms with E-state index in [1.807, 2.05) is 65.7 Å². The molecule has 3 nitrogen and oxygen atoms in total. The summed E-state index contributed by atoms with van der Waals surface area (Å²) in [5.41, 5.74) is 5.27. The predicted octanol–water partition coefficient (Wildman–Crippen LogP) is 2.88. The second-order valence-corrected chi connectivity index (χ2v) is 4.16. The van der Waals surface area contributed by atoms with Crippen molar-refractivity contribution in [1.29, 1.82) is 0 Å². The standard InChI is InChI=1S/C16H18N2O/c1-2-14(13-19)17-18(15-9-5-3-6-10-15)16-11-7-4-8-12-16/h2-12,14,17,19H,1,13H2/t14-/m0/s1. The second kappa shape index (κ2) is 6.73. The van der Waals surface area contributed by atoms with E-state index in [-0.39, 0.29) is 12.6 Å². The van der Waals surface area contributed by atoms with E-state index in [2.05, 4.69) is 12.0 Å². The highest BCUT2D eigenvalue weighted by molar-refractivity contribution is 5.61. The van der Waals surface area contributed by atoms with Crippen LogP contribution in [0.2, 0.25) is 0 Å². The Morgan fingerprint density at radius 2 is 1.47 bits per heavy atom. The molecule has 0 aliphatic rings. The molecule has 98 valence electrons. The number of nitrogens with zero attached hydrogens (tertiary/aromatic N) is 1. The summed E-state index contributed by atoms with van der Waals surface area (Å²) in [4.78, 5) is 0. The van der Waals surface area contributed by atoms with Crippen molar-refractivity contribution >= 4 is 11.4 Å². The van der Waals surface area contributed by atoms with E-state index in [0.29, 0.717) is 0 Å². The van der Waals surface area contributed by atoms with Gasteiger partial charge in [0.05, 0.1) is 24.0 Å². The molecule has 3 heteroatoms. The molecule has 0 radical (unpaired) electrons. The summed E-state index contributed by atoms with van der Waals surface area (Å²) in [7, 11) is 0. The molecule has 2 aromatic rings. The van der Waals surface area contributed by atoms with Gasteiger partial charge in [-0.3, -0.25) is 5.01 Å². The summed E-state index contributed by atoms with van der Waals surface area (Å²) in [5, 5.41) is 11.3. The molecule has 0 aliphatic heterocycles. The number of aliphatic hydroxyl groups excluding tert-OH is 1. The molecule has 2 rings (SSSR count). The molecule has 0 amide bonds. The lowest BCUT2D eigenvalue weighted by Crippen LogP contribution is -2.42. The molecule has 0 fully saturated rings. The minimum atomic E-state index is -0.194. The lowest BCUT2D eigenvalue weighted by molar-refractivity contribution is 0.265. The van der Waals surface area contributed by atoms with Crippen molar-refractivity contribution in [2.24, 2.45) is 0 Å². The minimum absolute atomic E-state index is 0.000330. The van der Waals surface area contributed by atoms with Gasteiger partial charge in [0.25, 0.3) is 0 Å². The van der Waals surface area contributed by atoms with E-state index in [1.54, 1.807) is 6.08 Å². The van der Waals surface area contributed by atoms with Crippen molar-refractivity contribution in [2.45, 2.75) is 6.04 Å². The molecule has 0 saturated heterocycles. The van der Waals surface area contributed by atoms with Gasteiger partial charge in [0.15, 0.2) is 0 Å². The highest BCUT2D eigenvalue weighted by Crippen LogP contribution is 2.22. The van der Waals surface area contributed by atoms with E-state index >= 15 is 0 Å². The first-order valence-electron chi connectivity index (χ1n) is 6.25. The van der Waals surface area contributed by atoms with Crippen LogP contribution in [0.1, 0.15) is 0 Å². The number of nitrogens with one attached hydrogen (secondary N) is 1. The lowest BCUT2D eigenvalue weighted by atomic mass is 10.2. The maximum absolute atomic E-state index is 9.31. The normalized spacial score (nSPS) is 11.8. The van der Waals surface area contributed by atoms with Crippen molar-refractivity contribution < 1.29 is 5.11 Å². The fraction of sp³-hybridized carbons (Fsp3) is 0.125. The Hall–Kier alpha value is -2.10. The van der Waals surface area contributed by atoms with Gasteiger partial charge in [-0.15, -0.1) is 6.58 Å². The number of hydrogen-bond acceptors (Lipinski definition) is 3. The summed E-state index contributed by atoms with van der Waals surface area (Å²) in [6.07, 6.45) is 1.69. The van der Waals surface area contributed by atoms with Gasteiger partial charge >= 0.3 is 0 Å². The second-order valence-electron chi connectivity index (χ2n) is 4.16. The number of hydrogen-bond donors (Lipinski definition) is 2. The maximum atomic E-state index is 9.31. The SMILES string of the molecule is C=C[C@@H](CO)NN(c1ccccc1)c1ccccc1. The number of anilines is 2. The maximum Gasteiger partial charge on any atom is 0.0675 e. The average molecular weight is 254 g/mol. The molecule has 0 aliphatic carbocycles. The molecule has 19 heavy (non-hydrogen) atoms. The molecule has 0 aromatic heterocycles.